The van der Waals surface area contributed by atoms with Crippen LogP contribution in [-0.4, -0.2) is 31.7 Å². The topological polar surface area (TPSA) is 79.0 Å². The summed E-state index contributed by atoms with van der Waals surface area (Å²) < 4.78 is 4.25. The quantitative estimate of drug-likeness (QED) is 0.858. The molecule has 3 rings (SSSR count). The van der Waals surface area contributed by atoms with Gasteiger partial charge < -0.3 is 9.88 Å². The Labute approximate surface area is 133 Å². The molecule has 0 unspecified atom stereocenters. The predicted octanol–water partition coefficient (Wildman–Crippen LogP) is 2.04. The van der Waals surface area contributed by atoms with Crippen LogP contribution in [0.1, 0.15) is 27.6 Å². The zero-order valence-electron chi connectivity index (χ0n) is 10.9. The molecular formula is C12H10Cl2N4O2S. The number of aryl methyl sites for hydroxylation is 1. The van der Waals surface area contributed by atoms with Gasteiger partial charge in [-0.15, -0.1) is 0 Å². The van der Waals surface area contributed by atoms with Crippen molar-refractivity contribution in [1.82, 2.24) is 19.2 Å². The first-order valence-electron chi connectivity index (χ1n) is 6.16. The molecule has 9 heteroatoms. The summed E-state index contributed by atoms with van der Waals surface area (Å²) in [6, 6.07) is 0. The second kappa shape index (κ2) is 5.40. The van der Waals surface area contributed by atoms with E-state index in [1.165, 1.54) is 4.90 Å². The summed E-state index contributed by atoms with van der Waals surface area (Å²) in [5.41, 5.74) is 1.17. The van der Waals surface area contributed by atoms with Gasteiger partial charge in [0.05, 0.1) is 17.8 Å². The van der Waals surface area contributed by atoms with Crippen LogP contribution in [0.3, 0.4) is 0 Å². The second-order valence-corrected chi connectivity index (χ2v) is 6.43. The molecule has 2 aromatic heterocycles. The molecule has 0 fully saturated rings. The van der Waals surface area contributed by atoms with Gasteiger partial charge in [-0.25, -0.2) is 4.98 Å². The lowest BCUT2D eigenvalue weighted by Gasteiger charge is -2.27. The monoisotopic (exact) mass is 344 g/mol. The highest BCUT2D eigenvalue weighted by atomic mass is 35.5. The highest BCUT2D eigenvalue weighted by molar-refractivity contribution is 7.11. The standard InChI is InChI=1S/C12H10Cl2N4O2S/c1-5-15-7-2-3-18(4-6(7)11(19)16-5)12(20)9-8(13)10(14)21-17-9/h2-4H2,1H3,(H,15,16,19). The maximum atomic E-state index is 12.4. The number of hydrogen-bond acceptors (Lipinski definition) is 5. The van der Waals surface area contributed by atoms with Crippen LogP contribution in [0, 0.1) is 6.92 Å². The molecule has 1 aliphatic heterocycles. The molecule has 0 saturated carbocycles. The van der Waals surface area contributed by atoms with E-state index in [-0.39, 0.29) is 33.1 Å². The molecule has 1 aliphatic rings. The molecule has 3 heterocycles. The predicted molar refractivity (Wildman–Crippen MR) is 80.2 cm³/mol. The molecule has 2 aromatic rings. The van der Waals surface area contributed by atoms with Crippen molar-refractivity contribution in [2.45, 2.75) is 19.9 Å². The third kappa shape index (κ3) is 2.56. The average molecular weight is 345 g/mol. The number of carbonyl (C=O) groups is 1. The van der Waals surface area contributed by atoms with Gasteiger partial charge in [-0.05, 0) is 18.5 Å². The number of amides is 1. The highest BCUT2D eigenvalue weighted by Crippen LogP contribution is 2.30. The van der Waals surface area contributed by atoms with Crippen LogP contribution in [0.4, 0.5) is 0 Å². The van der Waals surface area contributed by atoms with E-state index in [1.54, 1.807) is 6.92 Å². The summed E-state index contributed by atoms with van der Waals surface area (Å²) in [4.78, 5) is 32.9. The number of rotatable bonds is 1. The van der Waals surface area contributed by atoms with Crippen molar-refractivity contribution in [1.29, 1.82) is 0 Å². The fraction of sp³-hybridized carbons (Fsp3) is 0.333. The zero-order chi connectivity index (χ0) is 15.1. The van der Waals surface area contributed by atoms with Gasteiger partial charge in [0.1, 0.15) is 15.2 Å². The van der Waals surface area contributed by atoms with Crippen LogP contribution in [0.2, 0.25) is 9.36 Å². The smallest absolute Gasteiger partial charge is 0.275 e. The van der Waals surface area contributed by atoms with Crippen molar-refractivity contribution >= 4 is 40.6 Å². The van der Waals surface area contributed by atoms with Gasteiger partial charge >= 0.3 is 0 Å². The van der Waals surface area contributed by atoms with E-state index in [4.69, 9.17) is 23.2 Å². The van der Waals surface area contributed by atoms with Gasteiger partial charge in [0, 0.05) is 13.0 Å². The summed E-state index contributed by atoms with van der Waals surface area (Å²) in [7, 11) is 0. The van der Waals surface area contributed by atoms with Gasteiger partial charge in [0.2, 0.25) is 0 Å². The molecule has 21 heavy (non-hydrogen) atoms. The van der Waals surface area contributed by atoms with Crippen molar-refractivity contribution in [3.63, 3.8) is 0 Å². The van der Waals surface area contributed by atoms with E-state index in [9.17, 15) is 9.59 Å². The number of aromatic nitrogens is 3. The Balaban J connectivity index is 1.91. The van der Waals surface area contributed by atoms with Crippen molar-refractivity contribution in [3.8, 4) is 0 Å². The van der Waals surface area contributed by atoms with Crippen molar-refractivity contribution in [3.05, 3.63) is 42.5 Å². The normalized spacial score (nSPS) is 14.1. The van der Waals surface area contributed by atoms with Gasteiger partial charge in [0.25, 0.3) is 11.5 Å². The number of aromatic amines is 1. The summed E-state index contributed by atoms with van der Waals surface area (Å²) in [5, 5.41) is 0.161. The third-order valence-corrected chi connectivity index (χ3v) is 4.89. The number of nitrogens with zero attached hydrogens (tertiary/aromatic N) is 3. The Morgan fingerprint density at radius 3 is 2.86 bits per heavy atom. The fourth-order valence-electron chi connectivity index (χ4n) is 2.26. The van der Waals surface area contributed by atoms with Gasteiger partial charge in [-0.1, -0.05) is 23.2 Å². The lowest BCUT2D eigenvalue weighted by molar-refractivity contribution is 0.0728. The lowest BCUT2D eigenvalue weighted by Crippen LogP contribution is -2.39. The molecular weight excluding hydrogens is 335 g/mol. The number of nitrogens with one attached hydrogen (secondary N) is 1. The van der Waals surface area contributed by atoms with E-state index in [0.29, 0.717) is 24.4 Å². The van der Waals surface area contributed by atoms with E-state index in [1.807, 2.05) is 0 Å². The Hall–Kier alpha value is -1.44. The Morgan fingerprint density at radius 1 is 1.43 bits per heavy atom. The maximum Gasteiger partial charge on any atom is 0.275 e. The first-order valence-corrected chi connectivity index (χ1v) is 7.69. The average Bonchev–Trinajstić information content (AvgIpc) is 2.78. The molecule has 0 bridgehead atoms. The van der Waals surface area contributed by atoms with Crippen LogP contribution in [0.25, 0.3) is 0 Å². The Morgan fingerprint density at radius 2 is 2.19 bits per heavy atom. The number of carbonyl (C=O) groups excluding carboxylic acids is 1. The minimum absolute atomic E-state index is 0.131. The summed E-state index contributed by atoms with van der Waals surface area (Å²) in [5.74, 6) is 0.252. The van der Waals surface area contributed by atoms with Crippen LogP contribution in [0.15, 0.2) is 4.79 Å². The highest BCUT2D eigenvalue weighted by Gasteiger charge is 2.28. The van der Waals surface area contributed by atoms with Gasteiger partial charge in [-0.3, -0.25) is 9.59 Å². The summed E-state index contributed by atoms with van der Waals surface area (Å²) >= 11 is 12.8. The molecule has 1 N–H and O–H groups in total. The van der Waals surface area contributed by atoms with Crippen LogP contribution < -0.4 is 5.56 Å². The molecule has 0 atom stereocenters. The molecule has 6 nitrogen and oxygen atoms in total. The molecule has 0 aromatic carbocycles. The molecule has 0 aliphatic carbocycles. The Kier molecular flexibility index (Phi) is 3.73. The zero-order valence-corrected chi connectivity index (χ0v) is 13.3. The van der Waals surface area contributed by atoms with E-state index >= 15 is 0 Å². The number of halogens is 2. The van der Waals surface area contributed by atoms with Crippen LogP contribution >= 0.6 is 34.7 Å². The molecule has 0 spiro atoms. The van der Waals surface area contributed by atoms with Crippen LogP contribution in [0.5, 0.6) is 0 Å². The van der Waals surface area contributed by atoms with Crippen molar-refractivity contribution < 1.29 is 4.79 Å². The largest absolute Gasteiger partial charge is 0.332 e. The third-order valence-electron chi connectivity index (χ3n) is 3.27. The Bertz CT molecular complexity index is 786. The maximum absolute atomic E-state index is 12.4. The fourth-order valence-corrected chi connectivity index (χ4v) is 3.25. The number of H-pyrrole nitrogens is 1. The van der Waals surface area contributed by atoms with Gasteiger partial charge in [-0.2, -0.15) is 4.37 Å². The summed E-state index contributed by atoms with van der Waals surface area (Å²) in [6.07, 6.45) is 0.529. The first-order chi connectivity index (χ1) is 9.97. The van der Waals surface area contributed by atoms with E-state index in [2.05, 4.69) is 14.3 Å². The molecule has 0 radical (unpaired) electrons. The van der Waals surface area contributed by atoms with Crippen molar-refractivity contribution in [2.75, 3.05) is 6.54 Å². The minimum atomic E-state index is -0.325. The van der Waals surface area contributed by atoms with E-state index < -0.39 is 0 Å². The SMILES string of the molecule is Cc1nc2c(c(=O)[nH]1)CN(C(=O)c1nsc(Cl)c1Cl)CC2. The minimum Gasteiger partial charge on any atom is -0.332 e. The molecule has 0 saturated heterocycles. The number of fused-ring (bicyclic) bond motifs is 1. The van der Waals surface area contributed by atoms with Crippen LogP contribution in [-0.2, 0) is 13.0 Å². The lowest BCUT2D eigenvalue weighted by atomic mass is 10.1. The second-order valence-electron chi connectivity index (χ2n) is 4.67. The number of hydrogen-bond donors (Lipinski definition) is 1. The molecule has 1 amide bonds. The summed E-state index contributed by atoms with van der Waals surface area (Å²) in [6.45, 7) is 2.39. The van der Waals surface area contributed by atoms with Gasteiger partial charge in [0.15, 0.2) is 5.69 Å². The van der Waals surface area contributed by atoms with Crippen molar-refractivity contribution in [2.24, 2.45) is 0 Å². The first kappa shape index (κ1) is 14.5. The van der Waals surface area contributed by atoms with E-state index in [0.717, 1.165) is 17.2 Å². The molecule has 110 valence electrons.